The van der Waals surface area contributed by atoms with Crippen molar-refractivity contribution in [1.82, 2.24) is 0 Å². The second kappa shape index (κ2) is 29.5. The monoisotopic (exact) mass is 470 g/mol. The third kappa shape index (κ3) is 27.5. The second-order valence-corrected chi connectivity index (χ2v) is 9.26. The summed E-state index contributed by atoms with van der Waals surface area (Å²) >= 11 is 0. The Morgan fingerprint density at radius 2 is 1.06 bits per heavy atom. The molecule has 198 valence electrons. The van der Waals surface area contributed by atoms with Crippen molar-refractivity contribution in [3.05, 3.63) is 12.3 Å². The van der Waals surface area contributed by atoms with Gasteiger partial charge in [0.25, 0.3) is 0 Å². The summed E-state index contributed by atoms with van der Waals surface area (Å²) in [5, 5.41) is 0. The third-order valence-corrected chi connectivity index (χ3v) is 5.90. The summed E-state index contributed by atoms with van der Waals surface area (Å²) < 4.78 is 23.1. The van der Waals surface area contributed by atoms with Crippen LogP contribution >= 0.6 is 0 Å². The van der Waals surface area contributed by atoms with E-state index in [0.717, 1.165) is 64.8 Å². The molecule has 0 rings (SSSR count). The zero-order valence-corrected chi connectivity index (χ0v) is 22.6. The molecule has 0 N–H and O–H groups in total. The first-order valence-electron chi connectivity index (χ1n) is 14.4. The highest BCUT2D eigenvalue weighted by molar-refractivity contribution is 4.72. The molecule has 0 aromatic heterocycles. The molecule has 0 aliphatic rings. The Morgan fingerprint density at radius 3 is 1.61 bits per heavy atom. The standard InChI is InChI=1S/C29H58O4/c1-4-7-10-14-19-24-30-28-31-25-20-17-13-18-23-29(32-26-21-15-11-8-5-2)33-27-22-16-12-9-6-3/h20,25,29H,4-19,21-24,26-28H2,1-3H3. The molecule has 0 amide bonds. The molecule has 4 nitrogen and oxygen atoms in total. The Labute approximate surface area is 207 Å². The molecule has 0 saturated heterocycles. The minimum Gasteiger partial charge on any atom is -0.475 e. The van der Waals surface area contributed by atoms with Crippen molar-refractivity contribution in [2.45, 2.75) is 149 Å². The molecule has 0 aromatic carbocycles. The topological polar surface area (TPSA) is 36.9 Å². The van der Waals surface area contributed by atoms with Crippen LogP contribution in [0.5, 0.6) is 0 Å². The SMILES string of the molecule is CCCCCCCOCOC=CCCCCC(OCCCCCCC)OCCCCCCC. The average Bonchev–Trinajstić information content (AvgIpc) is 2.83. The Morgan fingerprint density at radius 1 is 0.545 bits per heavy atom. The van der Waals surface area contributed by atoms with Crippen molar-refractivity contribution < 1.29 is 18.9 Å². The molecule has 0 bridgehead atoms. The molecule has 0 spiro atoms. The minimum absolute atomic E-state index is 0.0340. The Kier molecular flexibility index (Phi) is 28.9. The summed E-state index contributed by atoms with van der Waals surface area (Å²) in [5.41, 5.74) is 0. The predicted molar refractivity (Wildman–Crippen MR) is 141 cm³/mol. The van der Waals surface area contributed by atoms with Crippen LogP contribution in [0, 0.1) is 0 Å². The molecule has 0 unspecified atom stereocenters. The molecule has 33 heavy (non-hydrogen) atoms. The zero-order chi connectivity index (χ0) is 24.1. The lowest BCUT2D eigenvalue weighted by molar-refractivity contribution is -0.148. The van der Waals surface area contributed by atoms with Crippen LogP contribution in [-0.4, -0.2) is 32.9 Å². The van der Waals surface area contributed by atoms with Crippen LogP contribution in [-0.2, 0) is 18.9 Å². The maximum absolute atomic E-state index is 6.08. The molecule has 0 fully saturated rings. The smallest absolute Gasteiger partial charge is 0.188 e. The maximum atomic E-state index is 6.08. The van der Waals surface area contributed by atoms with Gasteiger partial charge in [0.15, 0.2) is 13.1 Å². The Hall–Kier alpha value is -0.580. The molecule has 0 saturated carbocycles. The van der Waals surface area contributed by atoms with Gasteiger partial charge in [-0.1, -0.05) is 97.8 Å². The Bertz CT molecular complexity index is 357. The summed E-state index contributed by atoms with van der Waals surface area (Å²) in [6, 6.07) is 0. The summed E-state index contributed by atoms with van der Waals surface area (Å²) in [4.78, 5) is 0. The van der Waals surface area contributed by atoms with E-state index >= 15 is 0 Å². The molecule has 0 radical (unpaired) electrons. The second-order valence-electron chi connectivity index (χ2n) is 9.26. The molecule has 0 heterocycles. The van der Waals surface area contributed by atoms with Gasteiger partial charge >= 0.3 is 0 Å². The van der Waals surface area contributed by atoms with E-state index in [9.17, 15) is 0 Å². The third-order valence-electron chi connectivity index (χ3n) is 5.90. The van der Waals surface area contributed by atoms with Gasteiger partial charge in [-0.15, -0.1) is 0 Å². The average molecular weight is 471 g/mol. The quantitative estimate of drug-likeness (QED) is 0.0648. The van der Waals surface area contributed by atoms with Crippen LogP contribution in [0.25, 0.3) is 0 Å². The molecule has 0 aromatic rings. The summed E-state index contributed by atoms with van der Waals surface area (Å²) in [6.07, 6.45) is 27.2. The first-order chi connectivity index (χ1) is 16.3. The molecular formula is C29H58O4. The van der Waals surface area contributed by atoms with Gasteiger partial charge in [0.1, 0.15) is 0 Å². The lowest BCUT2D eigenvalue weighted by Crippen LogP contribution is -2.19. The van der Waals surface area contributed by atoms with E-state index in [0.29, 0.717) is 6.79 Å². The van der Waals surface area contributed by atoms with Crippen molar-refractivity contribution in [2.75, 3.05) is 26.6 Å². The number of hydrogen-bond acceptors (Lipinski definition) is 4. The minimum atomic E-state index is -0.0340. The molecule has 0 aliphatic carbocycles. The van der Waals surface area contributed by atoms with Crippen LogP contribution in [0.3, 0.4) is 0 Å². The van der Waals surface area contributed by atoms with Gasteiger partial charge in [-0.05, 0) is 51.0 Å². The molecule has 0 aliphatic heterocycles. The van der Waals surface area contributed by atoms with Gasteiger partial charge in [0.05, 0.1) is 12.9 Å². The van der Waals surface area contributed by atoms with E-state index in [1.54, 1.807) is 6.26 Å². The van der Waals surface area contributed by atoms with Gasteiger partial charge in [-0.2, -0.15) is 0 Å². The van der Waals surface area contributed by atoms with E-state index in [4.69, 9.17) is 18.9 Å². The highest BCUT2D eigenvalue weighted by atomic mass is 16.7. The first kappa shape index (κ1) is 32.4. The van der Waals surface area contributed by atoms with E-state index < -0.39 is 0 Å². The van der Waals surface area contributed by atoms with Gasteiger partial charge < -0.3 is 18.9 Å². The number of unbranched alkanes of at least 4 members (excludes halogenated alkanes) is 14. The van der Waals surface area contributed by atoms with Crippen LogP contribution in [0.1, 0.15) is 143 Å². The lowest BCUT2D eigenvalue weighted by atomic mass is 10.1. The van der Waals surface area contributed by atoms with Crippen molar-refractivity contribution in [2.24, 2.45) is 0 Å². The van der Waals surface area contributed by atoms with Crippen molar-refractivity contribution in [3.63, 3.8) is 0 Å². The van der Waals surface area contributed by atoms with Gasteiger partial charge in [0.2, 0.25) is 0 Å². The van der Waals surface area contributed by atoms with Gasteiger partial charge in [0, 0.05) is 13.2 Å². The number of allylic oxidation sites excluding steroid dienone is 1. The lowest BCUT2D eigenvalue weighted by Gasteiger charge is -2.19. The van der Waals surface area contributed by atoms with E-state index in [1.165, 1.54) is 77.0 Å². The highest BCUT2D eigenvalue weighted by Crippen LogP contribution is 2.12. The summed E-state index contributed by atoms with van der Waals surface area (Å²) in [5.74, 6) is 0. The van der Waals surface area contributed by atoms with E-state index in [-0.39, 0.29) is 6.29 Å². The fraction of sp³-hybridized carbons (Fsp3) is 0.931. The first-order valence-corrected chi connectivity index (χ1v) is 14.4. The number of hydrogen-bond donors (Lipinski definition) is 0. The predicted octanol–water partition coefficient (Wildman–Crippen LogP) is 9.32. The fourth-order valence-corrected chi connectivity index (χ4v) is 3.72. The summed E-state index contributed by atoms with van der Waals surface area (Å²) in [6.45, 7) is 9.58. The molecular weight excluding hydrogens is 412 g/mol. The van der Waals surface area contributed by atoms with E-state index in [1.807, 2.05) is 0 Å². The highest BCUT2D eigenvalue weighted by Gasteiger charge is 2.09. The van der Waals surface area contributed by atoms with Gasteiger partial charge in [-0.25, -0.2) is 0 Å². The molecule has 4 heteroatoms. The van der Waals surface area contributed by atoms with Gasteiger partial charge in [-0.3, -0.25) is 0 Å². The Balaban J connectivity index is 3.76. The zero-order valence-electron chi connectivity index (χ0n) is 22.6. The van der Waals surface area contributed by atoms with Crippen molar-refractivity contribution >= 4 is 0 Å². The molecule has 0 atom stereocenters. The van der Waals surface area contributed by atoms with Crippen LogP contribution in [0.15, 0.2) is 12.3 Å². The largest absolute Gasteiger partial charge is 0.475 e. The fourth-order valence-electron chi connectivity index (χ4n) is 3.72. The summed E-state index contributed by atoms with van der Waals surface area (Å²) in [7, 11) is 0. The van der Waals surface area contributed by atoms with Crippen LogP contribution in [0.2, 0.25) is 0 Å². The number of rotatable bonds is 28. The van der Waals surface area contributed by atoms with Crippen molar-refractivity contribution in [1.29, 1.82) is 0 Å². The van der Waals surface area contributed by atoms with Crippen LogP contribution in [0.4, 0.5) is 0 Å². The van der Waals surface area contributed by atoms with E-state index in [2.05, 4.69) is 26.8 Å². The maximum Gasteiger partial charge on any atom is 0.188 e. The normalized spacial score (nSPS) is 11.8. The van der Waals surface area contributed by atoms with Crippen LogP contribution < -0.4 is 0 Å². The number of ether oxygens (including phenoxy) is 4. The van der Waals surface area contributed by atoms with Crippen molar-refractivity contribution in [3.8, 4) is 0 Å².